The van der Waals surface area contributed by atoms with Crippen LogP contribution in [0.25, 0.3) is 16.8 Å². The van der Waals surface area contributed by atoms with Crippen molar-refractivity contribution in [1.29, 1.82) is 0 Å². The highest BCUT2D eigenvalue weighted by Crippen LogP contribution is 2.33. The highest BCUT2D eigenvalue weighted by atomic mass is 79.9. The molecule has 0 saturated heterocycles. The zero-order valence-corrected chi connectivity index (χ0v) is 22.2. The number of aromatic nitrogens is 2. The van der Waals surface area contributed by atoms with Crippen LogP contribution in [0.2, 0.25) is 0 Å². The lowest BCUT2D eigenvalue weighted by molar-refractivity contribution is 0.103. The van der Waals surface area contributed by atoms with Gasteiger partial charge in [0.1, 0.15) is 35.2 Å². The number of hydrogen-bond donors (Lipinski definition) is 0. The molecule has 0 saturated carbocycles. The first-order valence-corrected chi connectivity index (χ1v) is 12.3. The lowest BCUT2D eigenvalue weighted by Crippen LogP contribution is -2.01. The number of ketones is 1. The molecule has 0 aliphatic rings. The molecule has 0 spiro atoms. The van der Waals surface area contributed by atoms with Crippen molar-refractivity contribution in [3.63, 3.8) is 0 Å². The third-order valence-electron chi connectivity index (χ3n) is 5.58. The Morgan fingerprint density at radius 3 is 2.26 bits per heavy atom. The molecule has 5 nitrogen and oxygen atoms in total. The summed E-state index contributed by atoms with van der Waals surface area (Å²) in [5.74, 6) is 0.362. The zero-order chi connectivity index (χ0) is 27.1. The number of imidazole rings is 1. The predicted molar refractivity (Wildman–Crippen MR) is 146 cm³/mol. The maximum Gasteiger partial charge on any atom is 0.212 e. The molecular weight excluding hydrogens is 554 g/mol. The van der Waals surface area contributed by atoms with E-state index in [2.05, 4.69) is 20.9 Å². The van der Waals surface area contributed by atoms with E-state index in [0.717, 1.165) is 10.2 Å². The number of rotatable bonds is 6. The average Bonchev–Trinajstić information content (AvgIpc) is 3.43. The van der Waals surface area contributed by atoms with Gasteiger partial charge in [-0.15, -0.1) is 0 Å². The van der Waals surface area contributed by atoms with E-state index in [-0.39, 0.29) is 17.4 Å². The summed E-state index contributed by atoms with van der Waals surface area (Å²) in [6.45, 7) is 0. The van der Waals surface area contributed by atoms with E-state index in [4.69, 9.17) is 9.47 Å². The maximum absolute atomic E-state index is 14.5. The fraction of sp³-hybridized carbons (Fsp3) is 0.0667. The molecule has 1 heterocycles. The first kappa shape index (κ1) is 26.8. The van der Waals surface area contributed by atoms with E-state index in [9.17, 15) is 13.6 Å². The quantitative estimate of drug-likeness (QED) is 0.196. The average molecular weight is 577 g/mol. The minimum atomic E-state index is -0.368. The Hall–Kier alpha value is -4.30. The second-order valence-electron chi connectivity index (χ2n) is 8.03. The van der Waals surface area contributed by atoms with Crippen LogP contribution in [0.4, 0.5) is 8.78 Å². The first-order chi connectivity index (χ1) is 18.4. The van der Waals surface area contributed by atoms with E-state index in [1.54, 1.807) is 72.7 Å². The second kappa shape index (κ2) is 12.3. The van der Waals surface area contributed by atoms with Crippen molar-refractivity contribution in [1.82, 2.24) is 9.55 Å². The van der Waals surface area contributed by atoms with Crippen molar-refractivity contribution < 1.29 is 23.0 Å². The van der Waals surface area contributed by atoms with Gasteiger partial charge in [0, 0.05) is 21.9 Å². The molecule has 1 aromatic heterocycles. The molecule has 38 heavy (non-hydrogen) atoms. The van der Waals surface area contributed by atoms with Crippen LogP contribution in [0.1, 0.15) is 16.1 Å². The number of carbonyl (C=O) groups excluding carboxylic acids is 1. The van der Waals surface area contributed by atoms with Gasteiger partial charge < -0.3 is 14.0 Å². The highest BCUT2D eigenvalue weighted by Gasteiger charge is 2.15. The Bertz CT molecular complexity index is 1530. The number of benzene rings is 4. The summed E-state index contributed by atoms with van der Waals surface area (Å²) in [6.07, 6.45) is 3.22. The predicted octanol–water partition coefficient (Wildman–Crippen LogP) is 7.51. The Kier molecular flexibility index (Phi) is 8.66. The third kappa shape index (κ3) is 6.33. The Balaban J connectivity index is 0.000000360. The molecule has 0 amide bonds. The van der Waals surface area contributed by atoms with Gasteiger partial charge in [0.25, 0.3) is 0 Å². The van der Waals surface area contributed by atoms with Gasteiger partial charge >= 0.3 is 0 Å². The third-order valence-corrected chi connectivity index (χ3v) is 6.08. The molecule has 5 rings (SSSR count). The van der Waals surface area contributed by atoms with Crippen molar-refractivity contribution in [2.45, 2.75) is 0 Å². The summed E-state index contributed by atoms with van der Waals surface area (Å²) in [4.78, 5) is 17.0. The van der Waals surface area contributed by atoms with Crippen LogP contribution in [-0.4, -0.2) is 29.6 Å². The first-order valence-electron chi connectivity index (χ1n) is 11.5. The van der Waals surface area contributed by atoms with Gasteiger partial charge in [-0.1, -0.05) is 40.2 Å². The van der Waals surface area contributed by atoms with E-state index < -0.39 is 0 Å². The summed E-state index contributed by atoms with van der Waals surface area (Å²) in [5.41, 5.74) is 2.63. The van der Waals surface area contributed by atoms with Crippen LogP contribution in [0, 0.1) is 11.6 Å². The van der Waals surface area contributed by atoms with Crippen LogP contribution in [0.15, 0.2) is 108 Å². The standard InChI is InChI=1S/C24H19FN2O3.C6H4BrF/c1-29-19-11-9-16(10-12-19)24(28)21-14-27(15-26-21)18-6-3-5-17(13-18)23-20(25)7-4-8-22(23)30-2;7-5-2-1-3-6(8)4-5/h3-15H,1-2H3;1-4H. The van der Waals surface area contributed by atoms with Gasteiger partial charge in [-0.2, -0.15) is 0 Å². The minimum Gasteiger partial charge on any atom is -0.497 e. The Morgan fingerprint density at radius 2 is 1.61 bits per heavy atom. The number of hydrogen-bond acceptors (Lipinski definition) is 4. The molecule has 0 N–H and O–H groups in total. The summed E-state index contributed by atoms with van der Waals surface area (Å²) in [7, 11) is 3.08. The van der Waals surface area contributed by atoms with Crippen molar-refractivity contribution in [2.24, 2.45) is 0 Å². The van der Waals surface area contributed by atoms with E-state index in [0.29, 0.717) is 33.9 Å². The van der Waals surface area contributed by atoms with Crippen LogP contribution in [0.3, 0.4) is 0 Å². The summed E-state index contributed by atoms with van der Waals surface area (Å²) < 4.78 is 39.5. The topological polar surface area (TPSA) is 53.4 Å². The van der Waals surface area contributed by atoms with Gasteiger partial charge in [-0.05, 0) is 72.3 Å². The Labute approximate surface area is 227 Å². The zero-order valence-electron chi connectivity index (χ0n) is 20.6. The number of ether oxygens (including phenoxy) is 2. The van der Waals surface area contributed by atoms with E-state index in [1.807, 2.05) is 24.3 Å². The van der Waals surface area contributed by atoms with E-state index >= 15 is 0 Å². The summed E-state index contributed by atoms with van der Waals surface area (Å²) >= 11 is 3.12. The molecular formula is C30H23BrF2N2O3. The SMILES string of the molecule is COc1ccc(C(=O)c2cn(-c3cccc(-c4c(F)cccc4OC)c3)cn2)cc1.Fc1cccc(Br)c1. The van der Waals surface area contributed by atoms with Gasteiger partial charge in [0.2, 0.25) is 5.78 Å². The normalized spacial score (nSPS) is 10.3. The molecule has 0 bridgehead atoms. The summed E-state index contributed by atoms with van der Waals surface area (Å²) in [6, 6.07) is 25.2. The van der Waals surface area contributed by atoms with Crippen molar-refractivity contribution in [2.75, 3.05) is 14.2 Å². The highest BCUT2D eigenvalue weighted by molar-refractivity contribution is 9.10. The maximum atomic E-state index is 14.5. The van der Waals surface area contributed by atoms with Crippen molar-refractivity contribution >= 4 is 21.7 Å². The second-order valence-corrected chi connectivity index (χ2v) is 8.95. The fourth-order valence-corrected chi connectivity index (χ4v) is 4.08. The lowest BCUT2D eigenvalue weighted by Gasteiger charge is -2.11. The van der Waals surface area contributed by atoms with Crippen molar-refractivity contribution in [3.8, 4) is 28.3 Å². The number of methoxy groups -OCH3 is 2. The van der Waals surface area contributed by atoms with Crippen LogP contribution >= 0.6 is 15.9 Å². The molecule has 0 fully saturated rings. The number of nitrogens with zero attached hydrogens (tertiary/aromatic N) is 2. The molecule has 5 aromatic rings. The molecule has 0 atom stereocenters. The lowest BCUT2D eigenvalue weighted by atomic mass is 10.0. The Morgan fingerprint density at radius 1 is 0.868 bits per heavy atom. The molecule has 8 heteroatoms. The van der Waals surface area contributed by atoms with Gasteiger partial charge in [-0.25, -0.2) is 13.8 Å². The monoisotopic (exact) mass is 576 g/mol. The fourth-order valence-electron chi connectivity index (χ4n) is 3.71. The van der Waals surface area contributed by atoms with Crippen LogP contribution < -0.4 is 9.47 Å². The van der Waals surface area contributed by atoms with Crippen LogP contribution in [-0.2, 0) is 0 Å². The smallest absolute Gasteiger partial charge is 0.212 e. The molecule has 0 unspecified atom stereocenters. The number of halogens is 3. The molecule has 192 valence electrons. The largest absolute Gasteiger partial charge is 0.497 e. The summed E-state index contributed by atoms with van der Waals surface area (Å²) in [5, 5.41) is 0. The molecule has 0 radical (unpaired) electrons. The van der Waals surface area contributed by atoms with Crippen molar-refractivity contribution in [3.05, 3.63) is 131 Å². The van der Waals surface area contributed by atoms with Gasteiger partial charge in [0.05, 0.1) is 19.8 Å². The minimum absolute atomic E-state index is 0.191. The molecule has 0 aliphatic heterocycles. The molecule has 0 aliphatic carbocycles. The van der Waals surface area contributed by atoms with Gasteiger partial charge in [-0.3, -0.25) is 4.79 Å². The molecule has 4 aromatic carbocycles. The van der Waals surface area contributed by atoms with Crippen LogP contribution in [0.5, 0.6) is 11.5 Å². The number of carbonyl (C=O) groups is 1. The van der Waals surface area contributed by atoms with E-state index in [1.165, 1.54) is 25.3 Å². The van der Waals surface area contributed by atoms with Gasteiger partial charge in [0.15, 0.2) is 0 Å².